The van der Waals surface area contributed by atoms with Crippen molar-refractivity contribution in [3.8, 4) is 6.07 Å². The van der Waals surface area contributed by atoms with Gasteiger partial charge in [0.25, 0.3) is 0 Å². The third-order valence-electron chi connectivity index (χ3n) is 3.46. The van der Waals surface area contributed by atoms with Crippen molar-refractivity contribution in [1.82, 2.24) is 4.98 Å². The molecule has 0 aliphatic carbocycles. The Morgan fingerprint density at radius 1 is 1.30 bits per heavy atom. The van der Waals surface area contributed by atoms with Crippen LogP contribution in [-0.4, -0.2) is 11.5 Å². The van der Waals surface area contributed by atoms with Crippen LogP contribution >= 0.6 is 0 Å². The molecule has 0 atom stereocenters. The van der Waals surface area contributed by atoms with E-state index in [1.165, 1.54) is 11.3 Å². The van der Waals surface area contributed by atoms with E-state index >= 15 is 0 Å². The first kappa shape index (κ1) is 12.5. The van der Waals surface area contributed by atoms with Crippen LogP contribution in [0.15, 0.2) is 30.3 Å². The van der Waals surface area contributed by atoms with Crippen molar-refractivity contribution in [3.05, 3.63) is 47.2 Å². The van der Waals surface area contributed by atoms with E-state index in [0.717, 1.165) is 30.8 Å². The lowest BCUT2D eigenvalue weighted by atomic mass is 10.0. The maximum absolute atomic E-state index is 9.14. The molecule has 0 saturated carbocycles. The molecule has 1 aromatic heterocycles. The topological polar surface area (TPSA) is 60.7 Å². The Morgan fingerprint density at radius 3 is 3.05 bits per heavy atom. The van der Waals surface area contributed by atoms with Crippen LogP contribution in [0, 0.1) is 18.3 Å². The van der Waals surface area contributed by atoms with Crippen molar-refractivity contribution >= 4 is 17.2 Å². The normalized spacial score (nSPS) is 13.0. The van der Waals surface area contributed by atoms with Crippen molar-refractivity contribution in [2.75, 3.05) is 17.2 Å². The van der Waals surface area contributed by atoms with Crippen LogP contribution in [0.5, 0.6) is 0 Å². The van der Waals surface area contributed by atoms with Crippen LogP contribution < -0.4 is 10.6 Å². The van der Waals surface area contributed by atoms with Gasteiger partial charge in [0.1, 0.15) is 11.9 Å². The fraction of sp³-hybridized carbons (Fsp3) is 0.250. The summed E-state index contributed by atoms with van der Waals surface area (Å²) in [6.07, 6.45) is 2.24. The number of benzene rings is 1. The van der Waals surface area contributed by atoms with Crippen molar-refractivity contribution < 1.29 is 0 Å². The number of rotatable bonds is 2. The zero-order valence-electron chi connectivity index (χ0n) is 11.4. The second-order valence-corrected chi connectivity index (χ2v) is 4.99. The third-order valence-corrected chi connectivity index (χ3v) is 3.46. The van der Waals surface area contributed by atoms with Gasteiger partial charge in [-0.15, -0.1) is 0 Å². The molecule has 0 bridgehead atoms. The first-order valence-corrected chi connectivity index (χ1v) is 6.78. The van der Waals surface area contributed by atoms with Gasteiger partial charge in [-0.2, -0.15) is 5.26 Å². The molecule has 4 nitrogen and oxygen atoms in total. The smallest absolute Gasteiger partial charge is 0.148 e. The summed E-state index contributed by atoms with van der Waals surface area (Å²) >= 11 is 0. The molecule has 20 heavy (non-hydrogen) atoms. The highest BCUT2D eigenvalue weighted by atomic mass is 15.0. The average molecular weight is 264 g/mol. The summed E-state index contributed by atoms with van der Waals surface area (Å²) in [5.74, 6) is 0.621. The SMILES string of the molecule is Cc1ccc(C#N)c(Nc2ccc3c(c2)CCCN3)n1. The molecule has 2 N–H and O–H groups in total. The van der Waals surface area contributed by atoms with E-state index < -0.39 is 0 Å². The summed E-state index contributed by atoms with van der Waals surface area (Å²) in [7, 11) is 0. The zero-order chi connectivity index (χ0) is 13.9. The van der Waals surface area contributed by atoms with Crippen LogP contribution in [0.1, 0.15) is 23.2 Å². The van der Waals surface area contributed by atoms with Gasteiger partial charge in [-0.05, 0) is 55.7 Å². The summed E-state index contributed by atoms with van der Waals surface area (Å²) in [4.78, 5) is 4.40. The fourth-order valence-electron chi connectivity index (χ4n) is 2.43. The van der Waals surface area contributed by atoms with Gasteiger partial charge in [-0.3, -0.25) is 0 Å². The number of nitriles is 1. The van der Waals surface area contributed by atoms with Crippen LogP contribution in [0.25, 0.3) is 0 Å². The van der Waals surface area contributed by atoms with Gasteiger partial charge >= 0.3 is 0 Å². The molecule has 0 saturated heterocycles. The molecule has 1 aromatic carbocycles. The van der Waals surface area contributed by atoms with Gasteiger partial charge in [-0.1, -0.05) is 0 Å². The number of nitrogens with one attached hydrogen (secondary N) is 2. The Balaban J connectivity index is 1.92. The highest BCUT2D eigenvalue weighted by molar-refractivity contribution is 5.67. The lowest BCUT2D eigenvalue weighted by molar-refractivity contribution is 0.830. The quantitative estimate of drug-likeness (QED) is 0.873. The second-order valence-electron chi connectivity index (χ2n) is 4.99. The lowest BCUT2D eigenvalue weighted by Crippen LogP contribution is -2.11. The zero-order valence-corrected chi connectivity index (χ0v) is 11.4. The van der Waals surface area contributed by atoms with Crippen molar-refractivity contribution in [2.24, 2.45) is 0 Å². The van der Waals surface area contributed by atoms with E-state index in [-0.39, 0.29) is 0 Å². The van der Waals surface area contributed by atoms with E-state index in [9.17, 15) is 0 Å². The van der Waals surface area contributed by atoms with Gasteiger partial charge in [0, 0.05) is 23.6 Å². The molecule has 0 radical (unpaired) electrons. The number of pyridine rings is 1. The molecule has 2 aromatic rings. The van der Waals surface area contributed by atoms with Crippen molar-refractivity contribution in [2.45, 2.75) is 19.8 Å². The fourth-order valence-corrected chi connectivity index (χ4v) is 2.43. The van der Waals surface area contributed by atoms with Crippen LogP contribution in [-0.2, 0) is 6.42 Å². The van der Waals surface area contributed by atoms with Gasteiger partial charge in [0.15, 0.2) is 0 Å². The van der Waals surface area contributed by atoms with Crippen molar-refractivity contribution in [1.29, 1.82) is 5.26 Å². The third kappa shape index (κ3) is 2.43. The predicted molar refractivity (Wildman–Crippen MR) is 80.2 cm³/mol. The first-order chi connectivity index (χ1) is 9.76. The number of hydrogen-bond acceptors (Lipinski definition) is 4. The Labute approximate surface area is 118 Å². The molecular weight excluding hydrogens is 248 g/mol. The number of fused-ring (bicyclic) bond motifs is 1. The molecule has 0 spiro atoms. The standard InChI is InChI=1S/C16H16N4/c1-11-4-5-13(10-17)16(19-11)20-14-6-7-15-12(9-14)3-2-8-18-15/h4-7,9,18H,2-3,8H2,1H3,(H,19,20). The molecule has 1 aliphatic rings. The summed E-state index contributed by atoms with van der Waals surface area (Å²) in [6, 6.07) is 12.0. The predicted octanol–water partition coefficient (Wildman–Crippen LogP) is 3.36. The number of aryl methyl sites for hydroxylation is 2. The van der Waals surface area contributed by atoms with Gasteiger partial charge in [0.2, 0.25) is 0 Å². The number of anilines is 3. The Kier molecular flexibility index (Phi) is 3.26. The lowest BCUT2D eigenvalue weighted by Gasteiger charge is -2.19. The summed E-state index contributed by atoms with van der Waals surface area (Å²) in [5, 5.41) is 15.8. The van der Waals surface area contributed by atoms with Crippen LogP contribution in [0.4, 0.5) is 17.2 Å². The molecule has 0 fully saturated rings. The van der Waals surface area contributed by atoms with Gasteiger partial charge in [0.05, 0.1) is 5.56 Å². The Morgan fingerprint density at radius 2 is 2.20 bits per heavy atom. The minimum absolute atomic E-state index is 0.562. The molecule has 3 rings (SSSR count). The molecule has 1 aliphatic heterocycles. The van der Waals surface area contributed by atoms with Crippen molar-refractivity contribution in [3.63, 3.8) is 0 Å². The molecule has 2 heterocycles. The molecule has 100 valence electrons. The highest BCUT2D eigenvalue weighted by Crippen LogP contribution is 2.27. The molecular formula is C16H16N4. The summed E-state index contributed by atoms with van der Waals surface area (Å²) in [6.45, 7) is 2.96. The monoisotopic (exact) mass is 264 g/mol. The maximum atomic E-state index is 9.14. The minimum atomic E-state index is 0.562. The average Bonchev–Trinajstić information content (AvgIpc) is 2.47. The van der Waals surface area contributed by atoms with Crippen LogP contribution in [0.3, 0.4) is 0 Å². The van der Waals surface area contributed by atoms with Crippen LogP contribution in [0.2, 0.25) is 0 Å². The molecule has 0 unspecified atom stereocenters. The minimum Gasteiger partial charge on any atom is -0.385 e. The number of hydrogen-bond donors (Lipinski definition) is 2. The maximum Gasteiger partial charge on any atom is 0.148 e. The van der Waals surface area contributed by atoms with E-state index in [2.05, 4.69) is 33.8 Å². The number of nitrogens with zero attached hydrogens (tertiary/aromatic N) is 2. The first-order valence-electron chi connectivity index (χ1n) is 6.78. The largest absolute Gasteiger partial charge is 0.385 e. The van der Waals surface area contributed by atoms with E-state index in [0.29, 0.717) is 11.4 Å². The van der Waals surface area contributed by atoms with E-state index in [1.54, 1.807) is 6.07 Å². The Hall–Kier alpha value is -2.54. The van der Waals surface area contributed by atoms with Gasteiger partial charge in [-0.25, -0.2) is 4.98 Å². The summed E-state index contributed by atoms with van der Waals surface area (Å²) in [5.41, 5.74) is 4.95. The van der Waals surface area contributed by atoms with Gasteiger partial charge < -0.3 is 10.6 Å². The Bertz CT molecular complexity index is 685. The molecule has 0 amide bonds. The second kappa shape index (κ2) is 5.22. The molecule has 4 heteroatoms. The van der Waals surface area contributed by atoms with E-state index in [1.807, 2.05) is 19.1 Å². The summed E-state index contributed by atoms with van der Waals surface area (Å²) < 4.78 is 0. The highest BCUT2D eigenvalue weighted by Gasteiger charge is 2.10. The van der Waals surface area contributed by atoms with E-state index in [4.69, 9.17) is 5.26 Å². The number of aromatic nitrogens is 1.